The molecular formula is C11H6F4N4O. The average Bonchev–Trinajstić information content (AvgIpc) is 2.39. The van der Waals surface area contributed by atoms with E-state index in [4.69, 9.17) is 0 Å². The fraction of sp³-hybridized carbons (Fsp3) is 0.0909. The van der Waals surface area contributed by atoms with Gasteiger partial charge in [0.05, 0.1) is 23.5 Å². The summed E-state index contributed by atoms with van der Waals surface area (Å²) in [7, 11) is 0. The first-order chi connectivity index (χ1) is 9.38. The number of aromatic nitrogens is 3. The third kappa shape index (κ3) is 3.05. The molecule has 104 valence electrons. The molecule has 1 aromatic carbocycles. The summed E-state index contributed by atoms with van der Waals surface area (Å²) >= 11 is 0. The zero-order chi connectivity index (χ0) is 14.8. The molecule has 5 nitrogen and oxygen atoms in total. The van der Waals surface area contributed by atoms with E-state index in [9.17, 15) is 22.4 Å². The van der Waals surface area contributed by atoms with Crippen LogP contribution in [0.2, 0.25) is 0 Å². The predicted octanol–water partition coefficient (Wildman–Crippen LogP) is 2.28. The van der Waals surface area contributed by atoms with E-state index in [2.05, 4.69) is 15.2 Å². The van der Waals surface area contributed by atoms with Crippen LogP contribution in [0.15, 0.2) is 30.6 Å². The normalized spacial score (nSPS) is 11.2. The summed E-state index contributed by atoms with van der Waals surface area (Å²) < 4.78 is 50.9. The molecule has 1 heterocycles. The number of rotatable bonds is 2. The van der Waals surface area contributed by atoms with Crippen molar-refractivity contribution in [2.45, 2.75) is 6.18 Å². The van der Waals surface area contributed by atoms with Gasteiger partial charge in [0.25, 0.3) is 5.91 Å². The highest BCUT2D eigenvalue weighted by molar-refractivity contribution is 6.03. The number of carbonyl (C=O) groups is 1. The van der Waals surface area contributed by atoms with E-state index in [1.165, 1.54) is 12.4 Å². The van der Waals surface area contributed by atoms with Crippen molar-refractivity contribution in [3.63, 3.8) is 0 Å². The number of anilines is 1. The Morgan fingerprint density at radius 2 is 1.95 bits per heavy atom. The Bertz CT molecular complexity index is 630. The quantitative estimate of drug-likeness (QED) is 0.860. The van der Waals surface area contributed by atoms with Crippen LogP contribution in [0, 0.1) is 5.82 Å². The van der Waals surface area contributed by atoms with Gasteiger partial charge in [0.2, 0.25) is 5.95 Å². The highest BCUT2D eigenvalue weighted by Crippen LogP contribution is 2.30. The lowest BCUT2D eigenvalue weighted by Crippen LogP contribution is -2.17. The lowest BCUT2D eigenvalue weighted by Gasteiger charge is -2.09. The van der Waals surface area contributed by atoms with Gasteiger partial charge in [0, 0.05) is 0 Å². The molecule has 1 N–H and O–H groups in total. The summed E-state index contributed by atoms with van der Waals surface area (Å²) in [5, 5.41) is 8.86. The van der Waals surface area contributed by atoms with Crippen LogP contribution in [-0.2, 0) is 6.18 Å². The topological polar surface area (TPSA) is 67.8 Å². The fourth-order valence-electron chi connectivity index (χ4n) is 1.35. The summed E-state index contributed by atoms with van der Waals surface area (Å²) in [6.45, 7) is 0. The second kappa shape index (κ2) is 5.19. The first kappa shape index (κ1) is 13.8. The summed E-state index contributed by atoms with van der Waals surface area (Å²) in [4.78, 5) is 15.3. The Morgan fingerprint density at radius 1 is 1.20 bits per heavy atom. The van der Waals surface area contributed by atoms with Crippen LogP contribution in [-0.4, -0.2) is 21.1 Å². The molecule has 0 fully saturated rings. The van der Waals surface area contributed by atoms with E-state index < -0.39 is 29.0 Å². The minimum Gasteiger partial charge on any atom is -0.289 e. The van der Waals surface area contributed by atoms with E-state index >= 15 is 0 Å². The van der Waals surface area contributed by atoms with Gasteiger partial charge in [-0.15, -0.1) is 5.10 Å². The van der Waals surface area contributed by atoms with E-state index in [1.54, 1.807) is 0 Å². The maximum Gasteiger partial charge on any atom is 0.416 e. The molecule has 0 radical (unpaired) electrons. The zero-order valence-electron chi connectivity index (χ0n) is 9.65. The number of hydrogen-bond acceptors (Lipinski definition) is 4. The molecule has 0 unspecified atom stereocenters. The van der Waals surface area contributed by atoms with Crippen molar-refractivity contribution in [2.75, 3.05) is 5.32 Å². The number of amides is 1. The second-order valence-electron chi connectivity index (χ2n) is 3.61. The van der Waals surface area contributed by atoms with Crippen molar-refractivity contribution in [3.8, 4) is 0 Å². The molecule has 1 aromatic heterocycles. The van der Waals surface area contributed by atoms with Crippen molar-refractivity contribution in [1.29, 1.82) is 0 Å². The number of carbonyl (C=O) groups excluding carboxylic acids is 1. The molecule has 0 saturated carbocycles. The van der Waals surface area contributed by atoms with Crippen molar-refractivity contribution in [2.24, 2.45) is 0 Å². The number of nitrogens with zero attached hydrogens (tertiary/aromatic N) is 3. The van der Waals surface area contributed by atoms with Crippen LogP contribution in [0.1, 0.15) is 15.9 Å². The molecule has 0 spiro atoms. The Morgan fingerprint density at radius 3 is 2.55 bits per heavy atom. The van der Waals surface area contributed by atoms with Crippen LogP contribution in [0.25, 0.3) is 0 Å². The third-order valence-corrected chi connectivity index (χ3v) is 2.25. The van der Waals surface area contributed by atoms with Gasteiger partial charge in [0.1, 0.15) is 5.82 Å². The molecule has 9 heteroatoms. The first-order valence-electron chi connectivity index (χ1n) is 5.20. The molecule has 0 bridgehead atoms. The van der Waals surface area contributed by atoms with Gasteiger partial charge < -0.3 is 0 Å². The van der Waals surface area contributed by atoms with Crippen molar-refractivity contribution in [1.82, 2.24) is 15.2 Å². The highest BCUT2D eigenvalue weighted by Gasteiger charge is 2.32. The number of halogens is 4. The average molecular weight is 286 g/mol. The number of nitrogens with one attached hydrogen (secondary N) is 1. The minimum atomic E-state index is -4.67. The lowest BCUT2D eigenvalue weighted by atomic mass is 10.1. The molecule has 2 rings (SSSR count). The minimum absolute atomic E-state index is 0.241. The van der Waals surface area contributed by atoms with Gasteiger partial charge in [-0.05, 0) is 18.2 Å². The predicted molar refractivity (Wildman–Crippen MR) is 59.2 cm³/mol. The van der Waals surface area contributed by atoms with Crippen LogP contribution in [0.5, 0.6) is 0 Å². The molecule has 0 aliphatic heterocycles. The monoisotopic (exact) mass is 286 g/mol. The van der Waals surface area contributed by atoms with Crippen LogP contribution < -0.4 is 5.32 Å². The number of hydrogen-bond donors (Lipinski definition) is 1. The summed E-state index contributed by atoms with van der Waals surface area (Å²) in [6.07, 6.45) is -2.22. The van der Waals surface area contributed by atoms with Gasteiger partial charge in [-0.1, -0.05) is 0 Å². The Balaban J connectivity index is 2.30. The SMILES string of the molecule is O=C(Nc1nccnn1)c1cc(C(F)(F)F)ccc1F. The second-order valence-corrected chi connectivity index (χ2v) is 3.61. The van der Waals surface area contributed by atoms with E-state index in [1.807, 2.05) is 5.32 Å². The maximum absolute atomic E-state index is 13.4. The van der Waals surface area contributed by atoms with E-state index in [-0.39, 0.29) is 5.95 Å². The molecule has 2 aromatic rings. The molecule has 0 aliphatic carbocycles. The highest BCUT2D eigenvalue weighted by atomic mass is 19.4. The maximum atomic E-state index is 13.4. The van der Waals surface area contributed by atoms with E-state index in [0.29, 0.717) is 18.2 Å². The molecule has 0 aliphatic rings. The third-order valence-electron chi connectivity index (χ3n) is 2.25. The number of benzene rings is 1. The Labute approximate surface area is 109 Å². The van der Waals surface area contributed by atoms with Crippen LogP contribution in [0.4, 0.5) is 23.5 Å². The van der Waals surface area contributed by atoms with Gasteiger partial charge in [-0.25, -0.2) is 9.37 Å². The largest absolute Gasteiger partial charge is 0.416 e. The van der Waals surface area contributed by atoms with Crippen LogP contribution in [0.3, 0.4) is 0 Å². The standard InChI is InChI=1S/C11H6F4N4O/c12-8-2-1-6(11(13,14)15)5-7(8)9(20)18-10-16-3-4-17-19-10/h1-5H,(H,16,18,19,20). The molecule has 1 amide bonds. The van der Waals surface area contributed by atoms with Crippen molar-refractivity contribution in [3.05, 3.63) is 47.5 Å². The smallest absolute Gasteiger partial charge is 0.289 e. The summed E-state index contributed by atoms with van der Waals surface area (Å²) in [5.41, 5.74) is -1.89. The Hall–Kier alpha value is -2.58. The first-order valence-corrected chi connectivity index (χ1v) is 5.20. The zero-order valence-corrected chi connectivity index (χ0v) is 9.65. The molecule has 0 saturated heterocycles. The van der Waals surface area contributed by atoms with Crippen molar-refractivity contribution < 1.29 is 22.4 Å². The summed E-state index contributed by atoms with van der Waals surface area (Å²) in [5.74, 6) is -2.42. The summed E-state index contributed by atoms with van der Waals surface area (Å²) in [6, 6.07) is 1.54. The molecule has 20 heavy (non-hydrogen) atoms. The Kier molecular flexibility index (Phi) is 3.59. The lowest BCUT2D eigenvalue weighted by molar-refractivity contribution is -0.137. The van der Waals surface area contributed by atoms with Gasteiger partial charge >= 0.3 is 6.18 Å². The van der Waals surface area contributed by atoms with Gasteiger partial charge in [0.15, 0.2) is 0 Å². The van der Waals surface area contributed by atoms with Crippen molar-refractivity contribution >= 4 is 11.9 Å². The molecule has 0 atom stereocenters. The van der Waals surface area contributed by atoms with E-state index in [0.717, 1.165) is 0 Å². The van der Waals surface area contributed by atoms with Gasteiger partial charge in [-0.3, -0.25) is 10.1 Å². The van der Waals surface area contributed by atoms with Crippen LogP contribution >= 0.6 is 0 Å². The molecular weight excluding hydrogens is 280 g/mol. The van der Waals surface area contributed by atoms with Gasteiger partial charge in [-0.2, -0.15) is 18.3 Å². The number of alkyl halides is 3. The fourth-order valence-corrected chi connectivity index (χ4v) is 1.35.